The van der Waals surface area contributed by atoms with Gasteiger partial charge in [-0.05, 0) is 90.6 Å². The summed E-state index contributed by atoms with van der Waals surface area (Å²) < 4.78 is 0. The summed E-state index contributed by atoms with van der Waals surface area (Å²) in [6.45, 7) is 14.5. The van der Waals surface area contributed by atoms with Crippen LogP contribution < -0.4 is 0 Å². The molecule has 0 atom stereocenters. The number of hydrogen-bond donors (Lipinski definition) is 1. The molecule has 1 aliphatic carbocycles. The van der Waals surface area contributed by atoms with Crippen molar-refractivity contribution in [2.45, 2.75) is 72.1 Å². The van der Waals surface area contributed by atoms with Crippen LogP contribution in [0.15, 0.2) is 59.8 Å². The maximum atomic E-state index is 12.6. The molecular formula is C31H35NO4. The lowest BCUT2D eigenvalue weighted by molar-refractivity contribution is -0.152. The van der Waals surface area contributed by atoms with Crippen molar-refractivity contribution in [2.75, 3.05) is 0 Å². The Balaban J connectivity index is 1.87. The van der Waals surface area contributed by atoms with E-state index in [1.807, 2.05) is 18.2 Å². The average Bonchev–Trinajstić information content (AvgIpc) is 2.81. The van der Waals surface area contributed by atoms with Crippen LogP contribution in [-0.4, -0.2) is 22.8 Å². The topological polar surface area (TPSA) is 76.0 Å². The first kappa shape index (κ1) is 25.6. The van der Waals surface area contributed by atoms with E-state index in [4.69, 9.17) is 4.84 Å². The van der Waals surface area contributed by atoms with Crippen LogP contribution in [0.2, 0.25) is 0 Å². The Morgan fingerprint density at radius 3 is 1.86 bits per heavy atom. The molecule has 3 aromatic carbocycles. The zero-order valence-electron chi connectivity index (χ0n) is 22.2. The first-order valence-electron chi connectivity index (χ1n) is 12.4. The third-order valence-electron chi connectivity index (χ3n) is 7.32. The molecule has 3 aromatic rings. The molecule has 1 aliphatic rings. The Labute approximate surface area is 213 Å². The van der Waals surface area contributed by atoms with E-state index in [0.29, 0.717) is 5.71 Å². The van der Waals surface area contributed by atoms with Crippen molar-refractivity contribution in [3.8, 4) is 0 Å². The first-order chi connectivity index (χ1) is 16.7. The molecule has 36 heavy (non-hydrogen) atoms. The fraction of sp³-hybridized carbons (Fsp3) is 0.387. The van der Waals surface area contributed by atoms with Gasteiger partial charge in [-0.15, -0.1) is 0 Å². The zero-order chi connectivity index (χ0) is 26.5. The number of carbonyl (C=O) groups is 2. The number of fused-ring (bicyclic) bond motifs is 2. The van der Waals surface area contributed by atoms with Crippen molar-refractivity contribution in [2.24, 2.45) is 10.6 Å². The van der Waals surface area contributed by atoms with Crippen LogP contribution in [0.4, 0.5) is 0 Å². The lowest BCUT2D eigenvalue weighted by Crippen LogP contribution is -2.34. The zero-order valence-corrected chi connectivity index (χ0v) is 22.2. The predicted molar refractivity (Wildman–Crippen MR) is 144 cm³/mol. The van der Waals surface area contributed by atoms with E-state index in [0.717, 1.165) is 34.7 Å². The Kier molecular flexibility index (Phi) is 6.32. The van der Waals surface area contributed by atoms with Gasteiger partial charge in [0.25, 0.3) is 0 Å². The van der Waals surface area contributed by atoms with Gasteiger partial charge in [0.2, 0.25) is 0 Å². The molecule has 4 rings (SSSR count). The molecule has 0 bridgehead atoms. The maximum Gasteiger partial charge on any atom is 0.340 e. The Morgan fingerprint density at radius 2 is 1.28 bits per heavy atom. The highest BCUT2D eigenvalue weighted by atomic mass is 16.7. The number of rotatable bonds is 4. The van der Waals surface area contributed by atoms with Gasteiger partial charge < -0.3 is 9.94 Å². The number of nitrogens with zero attached hydrogens (tertiary/aromatic N) is 1. The normalized spacial score (nSPS) is 16.9. The molecule has 0 amide bonds. The number of carboxylic acid groups (broad SMARTS) is 1. The second-order valence-corrected chi connectivity index (χ2v) is 12.2. The summed E-state index contributed by atoms with van der Waals surface area (Å²) in [5, 5.41) is 15.4. The maximum absolute atomic E-state index is 12.6. The number of carboxylic acids is 1. The second kappa shape index (κ2) is 8.88. The molecule has 1 N–H and O–H groups in total. The lowest BCUT2D eigenvalue weighted by atomic mass is 9.63. The van der Waals surface area contributed by atoms with Crippen molar-refractivity contribution < 1.29 is 19.5 Å². The van der Waals surface area contributed by atoms with E-state index in [1.165, 1.54) is 11.1 Å². The summed E-state index contributed by atoms with van der Waals surface area (Å²) in [6, 6.07) is 17.2. The van der Waals surface area contributed by atoms with Gasteiger partial charge in [0, 0.05) is 11.1 Å². The number of hydrogen-bond acceptors (Lipinski definition) is 4. The Morgan fingerprint density at radius 1 is 0.778 bits per heavy atom. The van der Waals surface area contributed by atoms with Gasteiger partial charge in [-0.1, -0.05) is 63.2 Å². The van der Waals surface area contributed by atoms with Crippen molar-refractivity contribution in [3.63, 3.8) is 0 Å². The van der Waals surface area contributed by atoms with Gasteiger partial charge in [-0.3, -0.25) is 0 Å². The molecule has 0 fully saturated rings. The van der Waals surface area contributed by atoms with Gasteiger partial charge in [0.05, 0.1) is 11.0 Å². The van der Waals surface area contributed by atoms with Crippen LogP contribution in [0.3, 0.4) is 0 Å². The van der Waals surface area contributed by atoms with Gasteiger partial charge in [-0.2, -0.15) is 0 Å². The molecular weight excluding hydrogens is 450 g/mol. The summed E-state index contributed by atoms with van der Waals surface area (Å²) in [5.41, 5.74) is 4.53. The van der Waals surface area contributed by atoms with Crippen LogP contribution >= 0.6 is 0 Å². The van der Waals surface area contributed by atoms with Crippen molar-refractivity contribution >= 4 is 28.4 Å². The van der Waals surface area contributed by atoms with Crippen molar-refractivity contribution in [3.05, 3.63) is 82.4 Å². The van der Waals surface area contributed by atoms with Gasteiger partial charge in [0.15, 0.2) is 0 Å². The Bertz CT molecular complexity index is 1390. The minimum atomic E-state index is -0.961. The predicted octanol–water partition coefficient (Wildman–Crippen LogP) is 7.23. The first-order valence-corrected chi connectivity index (χ1v) is 12.4. The molecule has 0 unspecified atom stereocenters. The van der Waals surface area contributed by atoms with E-state index < -0.39 is 17.4 Å². The van der Waals surface area contributed by atoms with Crippen LogP contribution in [0.5, 0.6) is 0 Å². The highest BCUT2D eigenvalue weighted by molar-refractivity contribution is 6.14. The molecule has 188 valence electrons. The van der Waals surface area contributed by atoms with Crippen LogP contribution in [0.1, 0.15) is 93.9 Å². The molecule has 5 nitrogen and oxygen atoms in total. The van der Waals surface area contributed by atoms with Gasteiger partial charge in [-0.25, -0.2) is 9.59 Å². The summed E-state index contributed by atoms with van der Waals surface area (Å²) in [7, 11) is 0. The second-order valence-electron chi connectivity index (χ2n) is 12.2. The van der Waals surface area contributed by atoms with E-state index in [2.05, 4.69) is 51.0 Å². The molecule has 0 aromatic heterocycles. The molecule has 0 aliphatic heterocycles. The molecule has 0 radical (unpaired) electrons. The van der Waals surface area contributed by atoms with Gasteiger partial charge >= 0.3 is 11.9 Å². The highest BCUT2D eigenvalue weighted by Crippen LogP contribution is 2.46. The molecule has 0 spiro atoms. The van der Waals surface area contributed by atoms with Crippen molar-refractivity contribution in [1.29, 1.82) is 0 Å². The van der Waals surface area contributed by atoms with Crippen LogP contribution in [-0.2, 0) is 20.5 Å². The van der Waals surface area contributed by atoms with E-state index in [9.17, 15) is 14.7 Å². The van der Waals surface area contributed by atoms with E-state index in [1.54, 1.807) is 39.0 Å². The third kappa shape index (κ3) is 4.92. The number of aromatic carboxylic acids is 1. The molecule has 5 heteroatoms. The summed E-state index contributed by atoms with van der Waals surface area (Å²) >= 11 is 0. The minimum Gasteiger partial charge on any atom is -0.478 e. The minimum absolute atomic E-state index is 0.0185. The van der Waals surface area contributed by atoms with E-state index >= 15 is 0 Å². The monoisotopic (exact) mass is 485 g/mol. The molecule has 0 saturated heterocycles. The summed E-state index contributed by atoms with van der Waals surface area (Å²) in [5.74, 6) is -1.37. The Hall–Kier alpha value is -3.47. The standard InChI is InChI=1S/C31H35NO4/c1-29(2,3)28(35)36-32-26(21-10-8-20-17-23(27(33)34)11-9-19(20)16-21)22-12-13-24-25(18-22)31(6,7)15-14-30(24,4)5/h8-13,16-18H,14-15H2,1-7H3,(H,33,34)/b32-26-. The highest BCUT2D eigenvalue weighted by Gasteiger charge is 2.37. The number of carbonyl (C=O) groups excluding carboxylic acids is 1. The SMILES string of the molecule is CC(C)(C)C(=O)O/N=C(\c1ccc2c(c1)C(C)(C)CCC2(C)C)c1ccc2cc(C(=O)O)ccc2c1. The lowest BCUT2D eigenvalue weighted by Gasteiger charge is -2.42. The number of benzene rings is 3. The van der Waals surface area contributed by atoms with Crippen LogP contribution in [0, 0.1) is 5.41 Å². The third-order valence-corrected chi connectivity index (χ3v) is 7.32. The van der Waals surface area contributed by atoms with Crippen molar-refractivity contribution in [1.82, 2.24) is 0 Å². The molecule has 0 heterocycles. The fourth-order valence-electron chi connectivity index (χ4n) is 4.76. The summed E-state index contributed by atoms with van der Waals surface area (Å²) in [4.78, 5) is 29.4. The number of oxime groups is 1. The summed E-state index contributed by atoms with van der Waals surface area (Å²) in [6.07, 6.45) is 2.21. The molecule has 0 saturated carbocycles. The smallest absolute Gasteiger partial charge is 0.340 e. The van der Waals surface area contributed by atoms with E-state index in [-0.39, 0.29) is 16.4 Å². The quantitative estimate of drug-likeness (QED) is 0.240. The van der Waals surface area contributed by atoms with Gasteiger partial charge in [0.1, 0.15) is 5.71 Å². The fourth-order valence-corrected chi connectivity index (χ4v) is 4.76. The average molecular weight is 486 g/mol. The van der Waals surface area contributed by atoms with Crippen LogP contribution in [0.25, 0.3) is 10.8 Å². The largest absolute Gasteiger partial charge is 0.478 e.